The third kappa shape index (κ3) is 3.56. The topological polar surface area (TPSA) is 141 Å². The zero-order valence-corrected chi connectivity index (χ0v) is 15.9. The van der Waals surface area contributed by atoms with E-state index in [2.05, 4.69) is 25.7 Å². The van der Waals surface area contributed by atoms with Crippen molar-refractivity contribution in [3.63, 3.8) is 0 Å². The fourth-order valence-electron chi connectivity index (χ4n) is 2.89. The highest BCUT2D eigenvalue weighted by atomic mass is 16.5. The molecule has 0 saturated heterocycles. The van der Waals surface area contributed by atoms with Gasteiger partial charge in [-0.2, -0.15) is 0 Å². The average molecular weight is 406 g/mol. The normalized spacial score (nSPS) is 10.8. The second kappa shape index (κ2) is 8.01. The molecule has 4 aromatic rings. The van der Waals surface area contributed by atoms with Gasteiger partial charge in [0.2, 0.25) is 0 Å². The SMILES string of the molecule is COCNc1nn2ccc(Nc3cccn(-c4ccccn4)c3=O)nc2c1C(N)=O. The van der Waals surface area contributed by atoms with Gasteiger partial charge in [0, 0.05) is 25.7 Å². The Labute approximate surface area is 170 Å². The van der Waals surface area contributed by atoms with Crippen molar-refractivity contribution in [2.24, 2.45) is 5.73 Å². The summed E-state index contributed by atoms with van der Waals surface area (Å²) < 4.78 is 7.79. The van der Waals surface area contributed by atoms with Crippen molar-refractivity contribution in [2.75, 3.05) is 24.5 Å². The molecule has 11 heteroatoms. The minimum Gasteiger partial charge on any atom is -0.365 e. The molecule has 0 unspecified atom stereocenters. The Morgan fingerprint density at radius 3 is 2.80 bits per heavy atom. The molecule has 0 aliphatic carbocycles. The number of aromatic nitrogens is 5. The van der Waals surface area contributed by atoms with Crippen LogP contribution in [0, 0.1) is 0 Å². The molecule has 4 heterocycles. The molecular weight excluding hydrogens is 388 g/mol. The van der Waals surface area contributed by atoms with Gasteiger partial charge >= 0.3 is 0 Å². The number of nitrogens with two attached hydrogens (primary N) is 1. The van der Waals surface area contributed by atoms with Gasteiger partial charge in [-0.05, 0) is 30.3 Å². The van der Waals surface area contributed by atoms with E-state index in [1.807, 2.05) is 0 Å². The summed E-state index contributed by atoms with van der Waals surface area (Å²) in [5.41, 5.74) is 5.86. The van der Waals surface area contributed by atoms with Crippen molar-refractivity contribution in [1.29, 1.82) is 0 Å². The maximum atomic E-state index is 12.9. The first-order valence-electron chi connectivity index (χ1n) is 8.90. The molecule has 4 rings (SSSR count). The lowest BCUT2D eigenvalue weighted by Gasteiger charge is -2.09. The second-order valence-corrected chi connectivity index (χ2v) is 6.19. The van der Waals surface area contributed by atoms with Gasteiger partial charge in [-0.15, -0.1) is 5.10 Å². The average Bonchev–Trinajstić information content (AvgIpc) is 3.12. The number of hydrogen-bond donors (Lipinski definition) is 3. The number of carbonyl (C=O) groups excluding carboxylic acids is 1. The first-order valence-corrected chi connectivity index (χ1v) is 8.90. The molecule has 11 nitrogen and oxygen atoms in total. The van der Waals surface area contributed by atoms with Crippen LogP contribution in [0.15, 0.2) is 59.8 Å². The molecule has 1 amide bonds. The third-order valence-corrected chi connectivity index (χ3v) is 4.22. The third-order valence-electron chi connectivity index (χ3n) is 4.22. The highest BCUT2D eigenvalue weighted by Gasteiger charge is 2.19. The molecule has 0 aliphatic rings. The van der Waals surface area contributed by atoms with Crippen LogP contribution in [0.2, 0.25) is 0 Å². The van der Waals surface area contributed by atoms with Crippen LogP contribution in [-0.4, -0.2) is 43.9 Å². The number of nitrogens with one attached hydrogen (secondary N) is 2. The van der Waals surface area contributed by atoms with Gasteiger partial charge in [0.25, 0.3) is 11.5 Å². The first kappa shape index (κ1) is 19.1. The number of hydrogen-bond acceptors (Lipinski definition) is 8. The highest BCUT2D eigenvalue weighted by Crippen LogP contribution is 2.21. The summed E-state index contributed by atoms with van der Waals surface area (Å²) >= 11 is 0. The quantitative estimate of drug-likeness (QED) is 0.388. The van der Waals surface area contributed by atoms with Crippen molar-refractivity contribution in [3.8, 4) is 5.82 Å². The number of methoxy groups -OCH3 is 1. The number of pyridine rings is 2. The Kier molecular flexibility index (Phi) is 5.09. The van der Waals surface area contributed by atoms with Gasteiger partial charge in [0.05, 0.1) is 0 Å². The van der Waals surface area contributed by atoms with Gasteiger partial charge in [-0.25, -0.2) is 14.5 Å². The van der Waals surface area contributed by atoms with E-state index < -0.39 is 5.91 Å². The van der Waals surface area contributed by atoms with E-state index in [-0.39, 0.29) is 35.0 Å². The predicted octanol–water partition coefficient (Wildman–Crippen LogP) is 1.13. The summed E-state index contributed by atoms with van der Waals surface area (Å²) in [5.74, 6) is 0.408. The summed E-state index contributed by atoms with van der Waals surface area (Å²) in [4.78, 5) is 33.4. The minimum absolute atomic E-state index is 0.120. The number of ether oxygens (including phenoxy) is 1. The zero-order chi connectivity index (χ0) is 21.1. The van der Waals surface area contributed by atoms with E-state index in [0.717, 1.165) is 0 Å². The standard InChI is InChI=1S/C19H18N8O3/c1-30-11-22-17-15(16(20)28)18-24-13(7-10-27(18)25-17)23-12-5-4-9-26(19(12)29)14-6-2-3-8-21-14/h2-10H,11H2,1H3,(H2,20,28)(H,22,25)(H,23,24). The Hall–Kier alpha value is -4.25. The number of fused-ring (bicyclic) bond motifs is 1. The lowest BCUT2D eigenvalue weighted by molar-refractivity contribution is 0.100. The van der Waals surface area contributed by atoms with Crippen LogP contribution in [0.4, 0.5) is 17.3 Å². The Morgan fingerprint density at radius 1 is 1.20 bits per heavy atom. The summed E-state index contributed by atoms with van der Waals surface area (Å²) in [6.07, 6.45) is 4.84. The van der Waals surface area contributed by atoms with Gasteiger partial charge in [-0.3, -0.25) is 14.2 Å². The highest BCUT2D eigenvalue weighted by molar-refractivity contribution is 6.03. The lowest BCUT2D eigenvalue weighted by Crippen LogP contribution is -2.21. The Balaban J connectivity index is 1.72. The van der Waals surface area contributed by atoms with Gasteiger partial charge in [-0.1, -0.05) is 6.07 Å². The fraction of sp³-hybridized carbons (Fsp3) is 0.105. The van der Waals surface area contributed by atoms with E-state index in [4.69, 9.17) is 10.5 Å². The van der Waals surface area contributed by atoms with Crippen LogP contribution in [0.3, 0.4) is 0 Å². The molecular formula is C19H18N8O3. The maximum Gasteiger partial charge on any atom is 0.279 e. The largest absolute Gasteiger partial charge is 0.365 e. The zero-order valence-electron chi connectivity index (χ0n) is 15.9. The van der Waals surface area contributed by atoms with Crippen LogP contribution < -0.4 is 21.9 Å². The monoisotopic (exact) mass is 406 g/mol. The van der Waals surface area contributed by atoms with E-state index in [0.29, 0.717) is 11.6 Å². The van der Waals surface area contributed by atoms with Crippen molar-refractivity contribution in [2.45, 2.75) is 0 Å². The van der Waals surface area contributed by atoms with Gasteiger partial charge in [0.1, 0.15) is 29.6 Å². The molecule has 0 bridgehead atoms. The number of anilines is 3. The molecule has 0 spiro atoms. The molecule has 152 valence electrons. The van der Waals surface area contributed by atoms with Crippen LogP contribution >= 0.6 is 0 Å². The molecule has 0 fully saturated rings. The second-order valence-electron chi connectivity index (χ2n) is 6.19. The molecule has 0 aliphatic heterocycles. The minimum atomic E-state index is -0.689. The molecule has 4 N–H and O–H groups in total. The number of rotatable bonds is 7. The van der Waals surface area contributed by atoms with Crippen LogP contribution in [0.1, 0.15) is 10.4 Å². The molecule has 4 aromatic heterocycles. The first-order chi connectivity index (χ1) is 14.6. The summed E-state index contributed by atoms with van der Waals surface area (Å²) in [5, 5.41) is 10.1. The van der Waals surface area contributed by atoms with E-state index >= 15 is 0 Å². The molecule has 30 heavy (non-hydrogen) atoms. The summed E-state index contributed by atoms with van der Waals surface area (Å²) in [6.45, 7) is 0.145. The van der Waals surface area contributed by atoms with E-state index in [1.54, 1.807) is 55.0 Å². The molecule has 0 radical (unpaired) electrons. The summed E-state index contributed by atoms with van der Waals surface area (Å²) in [6, 6.07) is 10.3. The fourth-order valence-corrected chi connectivity index (χ4v) is 2.89. The smallest absolute Gasteiger partial charge is 0.279 e. The van der Waals surface area contributed by atoms with Gasteiger partial charge in [0.15, 0.2) is 11.5 Å². The molecule has 0 saturated carbocycles. The van der Waals surface area contributed by atoms with Crippen molar-refractivity contribution < 1.29 is 9.53 Å². The number of carbonyl (C=O) groups is 1. The van der Waals surface area contributed by atoms with Crippen molar-refractivity contribution >= 4 is 28.9 Å². The Bertz CT molecular complexity index is 1270. The number of amides is 1. The van der Waals surface area contributed by atoms with Crippen LogP contribution in [0.5, 0.6) is 0 Å². The summed E-state index contributed by atoms with van der Waals surface area (Å²) in [7, 11) is 1.50. The van der Waals surface area contributed by atoms with E-state index in [9.17, 15) is 9.59 Å². The van der Waals surface area contributed by atoms with Crippen molar-refractivity contribution in [3.05, 3.63) is 70.9 Å². The van der Waals surface area contributed by atoms with E-state index in [1.165, 1.54) is 16.2 Å². The predicted molar refractivity (Wildman–Crippen MR) is 110 cm³/mol. The van der Waals surface area contributed by atoms with Crippen LogP contribution in [-0.2, 0) is 4.74 Å². The maximum absolute atomic E-state index is 12.9. The molecule has 0 atom stereocenters. The lowest BCUT2D eigenvalue weighted by atomic mass is 10.3. The number of primary amides is 1. The Morgan fingerprint density at radius 2 is 2.07 bits per heavy atom. The van der Waals surface area contributed by atoms with Gasteiger partial charge < -0.3 is 21.1 Å². The van der Waals surface area contributed by atoms with Crippen LogP contribution in [0.25, 0.3) is 11.5 Å². The molecule has 0 aromatic carbocycles. The van der Waals surface area contributed by atoms with Crippen molar-refractivity contribution in [1.82, 2.24) is 24.1 Å². The number of nitrogens with zero attached hydrogens (tertiary/aromatic N) is 5.